The fourth-order valence-corrected chi connectivity index (χ4v) is 4.74. The van der Waals surface area contributed by atoms with Gasteiger partial charge in [-0.15, -0.1) is 11.8 Å². The molecule has 14 heteroatoms. The number of aryl methyl sites for hydroxylation is 1. The average molecular weight is 593 g/mol. The van der Waals surface area contributed by atoms with Crippen LogP contribution in [-0.2, 0) is 10.5 Å². The second kappa shape index (κ2) is 12.9. The molecule has 4 aromatic rings. The molecule has 210 valence electrons. The number of benzene rings is 2. The van der Waals surface area contributed by atoms with Crippen molar-refractivity contribution < 1.29 is 27.7 Å². The molecule has 40 heavy (non-hydrogen) atoms. The highest BCUT2D eigenvalue weighted by Crippen LogP contribution is 2.38. The lowest BCUT2D eigenvalue weighted by Gasteiger charge is -2.15. The van der Waals surface area contributed by atoms with E-state index in [9.17, 15) is 18.4 Å². The highest BCUT2D eigenvalue weighted by molar-refractivity contribution is 7.98. The van der Waals surface area contributed by atoms with Crippen LogP contribution in [0.15, 0.2) is 63.1 Å². The molecule has 0 aliphatic carbocycles. The second-order valence-corrected chi connectivity index (χ2v) is 9.61. The molecule has 2 aromatic heterocycles. The zero-order valence-electron chi connectivity index (χ0n) is 21.4. The van der Waals surface area contributed by atoms with Crippen LogP contribution in [0.3, 0.4) is 0 Å². The van der Waals surface area contributed by atoms with E-state index < -0.39 is 23.4 Å². The Morgan fingerprint density at radius 1 is 1.12 bits per heavy atom. The summed E-state index contributed by atoms with van der Waals surface area (Å²) in [6.07, 6.45) is -1.67. The zero-order valence-corrected chi connectivity index (χ0v) is 23.0. The summed E-state index contributed by atoms with van der Waals surface area (Å²) in [6.45, 7) is 1.67. The molecule has 0 amide bonds. The summed E-state index contributed by atoms with van der Waals surface area (Å²) in [5.74, 6) is 2.29. The number of ether oxygens (including phenoxy) is 4. The fourth-order valence-electron chi connectivity index (χ4n) is 3.49. The minimum atomic E-state index is -3.17. The van der Waals surface area contributed by atoms with E-state index in [0.717, 1.165) is 16.2 Å². The number of halogens is 3. The summed E-state index contributed by atoms with van der Waals surface area (Å²) in [5, 5.41) is 3.56. The summed E-state index contributed by atoms with van der Waals surface area (Å²) in [6, 6.07) is 12.1. The van der Waals surface area contributed by atoms with Crippen LogP contribution in [-0.4, -0.2) is 40.8 Å². The molecule has 2 aromatic carbocycles. The van der Waals surface area contributed by atoms with Crippen LogP contribution in [0.5, 0.6) is 23.1 Å². The van der Waals surface area contributed by atoms with Crippen molar-refractivity contribution in [3.63, 3.8) is 0 Å². The van der Waals surface area contributed by atoms with E-state index in [2.05, 4.69) is 10.1 Å². The number of aromatic amines is 1. The molecular weight excluding hydrogens is 570 g/mol. The van der Waals surface area contributed by atoms with Crippen LogP contribution in [0.25, 0.3) is 5.69 Å². The molecule has 0 radical (unpaired) electrons. The molecule has 0 spiro atoms. The molecule has 2 heterocycles. The van der Waals surface area contributed by atoms with Gasteiger partial charge in [0, 0.05) is 18.9 Å². The van der Waals surface area contributed by atoms with Crippen molar-refractivity contribution in [3.8, 4) is 28.8 Å². The first-order valence-electron chi connectivity index (χ1n) is 11.6. The summed E-state index contributed by atoms with van der Waals surface area (Å²) in [5.41, 5.74) is -1.78. The van der Waals surface area contributed by atoms with Crippen molar-refractivity contribution >= 4 is 23.4 Å². The first kappa shape index (κ1) is 29.1. The molecule has 0 saturated carbocycles. The molecule has 1 N–H and O–H groups in total. The van der Waals surface area contributed by atoms with Crippen molar-refractivity contribution in [2.75, 3.05) is 21.0 Å². The van der Waals surface area contributed by atoms with E-state index >= 15 is 0 Å². The first-order chi connectivity index (χ1) is 19.2. The van der Waals surface area contributed by atoms with Crippen LogP contribution in [0.4, 0.5) is 8.78 Å². The minimum Gasteiger partial charge on any atom is -0.497 e. The number of rotatable bonds is 11. The van der Waals surface area contributed by atoms with Gasteiger partial charge in [0.05, 0.1) is 28.9 Å². The number of H-pyrrole nitrogens is 1. The summed E-state index contributed by atoms with van der Waals surface area (Å²) in [4.78, 5) is 30.7. The van der Waals surface area contributed by atoms with Gasteiger partial charge in [0.15, 0.2) is 24.0 Å². The van der Waals surface area contributed by atoms with Gasteiger partial charge in [0.1, 0.15) is 5.75 Å². The number of hydrogen-bond donors (Lipinski definition) is 1. The number of aromatic nitrogens is 4. The molecule has 0 bridgehead atoms. The molecule has 0 aliphatic heterocycles. The molecular formula is C26H23ClF2N4O6S. The normalized spacial score (nSPS) is 11.1. The Morgan fingerprint density at radius 3 is 2.52 bits per heavy atom. The van der Waals surface area contributed by atoms with Crippen LogP contribution in [0.1, 0.15) is 23.2 Å². The van der Waals surface area contributed by atoms with Gasteiger partial charge in [-0.3, -0.25) is 9.78 Å². The molecule has 0 unspecified atom stereocenters. The Balaban J connectivity index is 1.61. The standard InChI is InChI=1S/C26H23ClF2N4O6S/c1-14-8-16(33-26(35)31-25(34)22(32-33)24(28)29)9-18(27)23(14)39-21-10-20(19(11-30-21)38-13-36-2)40-12-15-4-6-17(37-3)7-5-15/h4-11,24H,12-13H2,1-3H3,(H,31,34,35). The van der Waals surface area contributed by atoms with E-state index in [0.29, 0.717) is 21.7 Å². The summed E-state index contributed by atoms with van der Waals surface area (Å²) >= 11 is 7.95. The first-order valence-corrected chi connectivity index (χ1v) is 12.9. The monoisotopic (exact) mass is 592 g/mol. The molecule has 0 saturated heterocycles. The maximum Gasteiger partial charge on any atom is 0.349 e. The van der Waals surface area contributed by atoms with Gasteiger partial charge in [0.2, 0.25) is 5.88 Å². The summed E-state index contributed by atoms with van der Waals surface area (Å²) < 4.78 is 48.8. The Bertz CT molecular complexity index is 1590. The summed E-state index contributed by atoms with van der Waals surface area (Å²) in [7, 11) is 3.11. The molecule has 0 fully saturated rings. The van der Waals surface area contributed by atoms with Crippen molar-refractivity contribution in [2.45, 2.75) is 24.0 Å². The van der Waals surface area contributed by atoms with Crippen molar-refractivity contribution in [2.24, 2.45) is 0 Å². The minimum absolute atomic E-state index is 0.0236. The maximum atomic E-state index is 13.2. The van der Waals surface area contributed by atoms with Gasteiger partial charge >= 0.3 is 5.69 Å². The van der Waals surface area contributed by atoms with Crippen molar-refractivity contribution in [1.82, 2.24) is 19.7 Å². The highest BCUT2D eigenvalue weighted by Gasteiger charge is 2.19. The lowest BCUT2D eigenvalue weighted by Crippen LogP contribution is -2.34. The lowest BCUT2D eigenvalue weighted by atomic mass is 10.2. The average Bonchev–Trinajstić information content (AvgIpc) is 2.93. The van der Waals surface area contributed by atoms with E-state index in [1.54, 1.807) is 20.1 Å². The quantitative estimate of drug-likeness (QED) is 0.183. The molecule has 4 rings (SSSR count). The van der Waals surface area contributed by atoms with Crippen LogP contribution in [0.2, 0.25) is 5.02 Å². The topological polar surface area (TPSA) is 118 Å². The van der Waals surface area contributed by atoms with Crippen molar-refractivity contribution in [1.29, 1.82) is 0 Å². The highest BCUT2D eigenvalue weighted by atomic mass is 35.5. The number of alkyl halides is 2. The van der Waals surface area contributed by atoms with Gasteiger partial charge in [-0.1, -0.05) is 23.7 Å². The van der Waals surface area contributed by atoms with E-state index in [4.69, 9.17) is 30.5 Å². The number of methoxy groups -OCH3 is 2. The van der Waals surface area contributed by atoms with E-state index in [1.165, 1.54) is 37.2 Å². The van der Waals surface area contributed by atoms with Crippen molar-refractivity contribution in [3.05, 3.63) is 91.3 Å². The Hall–Kier alpha value is -3.94. The number of nitrogens with one attached hydrogen (secondary N) is 1. The smallest absolute Gasteiger partial charge is 0.349 e. The Kier molecular flexibility index (Phi) is 9.40. The van der Waals surface area contributed by atoms with E-state index in [-0.39, 0.29) is 29.1 Å². The third-order valence-corrected chi connectivity index (χ3v) is 6.81. The number of hydrogen-bond acceptors (Lipinski definition) is 9. The predicted octanol–water partition coefficient (Wildman–Crippen LogP) is 5.29. The third-order valence-electron chi connectivity index (χ3n) is 5.42. The SMILES string of the molecule is COCOc1cnc(Oc2c(C)cc(-n3nc(C(F)F)c(=O)[nH]c3=O)cc2Cl)cc1SCc1ccc(OC)cc1. The van der Waals surface area contributed by atoms with Gasteiger partial charge in [-0.2, -0.15) is 9.78 Å². The van der Waals surface area contributed by atoms with Crippen LogP contribution < -0.4 is 25.5 Å². The second-order valence-electron chi connectivity index (χ2n) is 8.19. The number of thioether (sulfide) groups is 1. The number of nitrogens with zero attached hydrogens (tertiary/aromatic N) is 3. The maximum absolute atomic E-state index is 13.2. The predicted molar refractivity (Wildman–Crippen MR) is 145 cm³/mol. The Morgan fingerprint density at radius 2 is 1.88 bits per heavy atom. The van der Waals surface area contributed by atoms with E-state index in [1.807, 2.05) is 29.2 Å². The molecule has 10 nitrogen and oxygen atoms in total. The largest absolute Gasteiger partial charge is 0.497 e. The fraction of sp³-hybridized carbons (Fsp3) is 0.231. The van der Waals surface area contributed by atoms with Gasteiger partial charge in [-0.05, 0) is 42.3 Å². The molecule has 0 aliphatic rings. The van der Waals surface area contributed by atoms with Crippen LogP contribution >= 0.6 is 23.4 Å². The third kappa shape index (κ3) is 6.79. The molecule has 0 atom stereocenters. The van der Waals surface area contributed by atoms with Gasteiger partial charge < -0.3 is 18.9 Å². The zero-order chi connectivity index (χ0) is 28.8. The lowest BCUT2D eigenvalue weighted by molar-refractivity contribution is 0.0488. The Labute approximate surface area is 235 Å². The van der Waals surface area contributed by atoms with Gasteiger partial charge in [0.25, 0.3) is 12.0 Å². The van der Waals surface area contributed by atoms with Gasteiger partial charge in [-0.25, -0.2) is 18.6 Å². The number of pyridine rings is 1. The van der Waals surface area contributed by atoms with Crippen LogP contribution in [0, 0.1) is 6.92 Å².